The van der Waals surface area contributed by atoms with Crippen molar-refractivity contribution in [1.29, 1.82) is 0 Å². The standard InChI is InChI=1S/C18H21N7O2/c1-11-16(14-4-5-19-7-12(14)8-20-11)17-21-18(27-23-17)15-10-25(24-22-15)9-13-3-2-6-26-13/h8,10,13,19H,2-7,9H2,1H3/t13-/m0/s1. The first-order valence-electron chi connectivity index (χ1n) is 9.32. The summed E-state index contributed by atoms with van der Waals surface area (Å²) in [7, 11) is 0. The Bertz CT molecular complexity index is 959. The fraction of sp³-hybridized carbons (Fsp3) is 0.500. The van der Waals surface area contributed by atoms with Gasteiger partial charge in [-0.2, -0.15) is 4.98 Å². The number of fused-ring (bicyclic) bond motifs is 1. The number of hydrogen-bond donors (Lipinski definition) is 1. The maximum absolute atomic E-state index is 5.65. The number of aromatic nitrogens is 6. The fourth-order valence-electron chi connectivity index (χ4n) is 3.78. The molecule has 0 amide bonds. The van der Waals surface area contributed by atoms with Gasteiger partial charge in [0.15, 0.2) is 5.69 Å². The molecule has 1 saturated heterocycles. The van der Waals surface area contributed by atoms with E-state index in [9.17, 15) is 0 Å². The van der Waals surface area contributed by atoms with Crippen LogP contribution < -0.4 is 5.32 Å². The molecule has 0 unspecified atom stereocenters. The molecule has 0 radical (unpaired) electrons. The molecule has 0 bridgehead atoms. The summed E-state index contributed by atoms with van der Waals surface area (Å²) in [5, 5.41) is 15.9. The molecule has 0 saturated carbocycles. The van der Waals surface area contributed by atoms with Crippen molar-refractivity contribution >= 4 is 0 Å². The molecule has 9 heteroatoms. The van der Waals surface area contributed by atoms with Gasteiger partial charge in [-0.1, -0.05) is 10.4 Å². The lowest BCUT2D eigenvalue weighted by atomic mass is 9.95. The van der Waals surface area contributed by atoms with Crippen LogP contribution >= 0.6 is 0 Å². The topological polar surface area (TPSA) is 104 Å². The third-order valence-corrected chi connectivity index (χ3v) is 5.15. The SMILES string of the molecule is Cc1ncc2c(c1-c1noc(-c3cn(C[C@@H]4CCCO4)nn3)n1)CCNC2. The van der Waals surface area contributed by atoms with Gasteiger partial charge in [0.25, 0.3) is 5.89 Å². The minimum atomic E-state index is 0.205. The lowest BCUT2D eigenvalue weighted by Gasteiger charge is -2.19. The fourth-order valence-corrected chi connectivity index (χ4v) is 3.78. The van der Waals surface area contributed by atoms with E-state index in [4.69, 9.17) is 9.26 Å². The zero-order valence-electron chi connectivity index (χ0n) is 15.2. The molecule has 3 aromatic heterocycles. The molecule has 1 atom stereocenters. The first kappa shape index (κ1) is 16.5. The predicted molar refractivity (Wildman–Crippen MR) is 95.7 cm³/mol. The smallest absolute Gasteiger partial charge is 0.280 e. The summed E-state index contributed by atoms with van der Waals surface area (Å²) in [6.07, 6.45) is 7.04. The van der Waals surface area contributed by atoms with Gasteiger partial charge in [0.1, 0.15) is 0 Å². The molecule has 1 fully saturated rings. The van der Waals surface area contributed by atoms with Crippen molar-refractivity contribution in [3.05, 3.63) is 29.2 Å². The number of pyridine rings is 1. The molecule has 0 spiro atoms. The van der Waals surface area contributed by atoms with Crippen LogP contribution in [0.4, 0.5) is 0 Å². The molecule has 2 aliphatic heterocycles. The van der Waals surface area contributed by atoms with Gasteiger partial charge in [-0.15, -0.1) is 5.10 Å². The average molecular weight is 367 g/mol. The Kier molecular flexibility index (Phi) is 4.17. The van der Waals surface area contributed by atoms with Gasteiger partial charge >= 0.3 is 0 Å². The van der Waals surface area contributed by atoms with Gasteiger partial charge < -0.3 is 14.6 Å². The Morgan fingerprint density at radius 3 is 3.22 bits per heavy atom. The number of nitrogens with one attached hydrogen (secondary N) is 1. The highest BCUT2D eigenvalue weighted by molar-refractivity contribution is 5.66. The van der Waals surface area contributed by atoms with E-state index in [1.54, 1.807) is 4.68 Å². The third-order valence-electron chi connectivity index (χ3n) is 5.15. The first-order chi connectivity index (χ1) is 13.3. The second-order valence-corrected chi connectivity index (χ2v) is 7.03. The molecule has 0 aliphatic carbocycles. The summed E-state index contributed by atoms with van der Waals surface area (Å²) in [6, 6.07) is 0. The Balaban J connectivity index is 1.43. The van der Waals surface area contributed by atoms with Crippen LogP contribution in [-0.4, -0.2) is 49.4 Å². The van der Waals surface area contributed by atoms with Crippen molar-refractivity contribution < 1.29 is 9.26 Å². The summed E-state index contributed by atoms with van der Waals surface area (Å²) in [5.74, 6) is 0.928. The highest BCUT2D eigenvalue weighted by Gasteiger charge is 2.23. The molecule has 27 heavy (non-hydrogen) atoms. The van der Waals surface area contributed by atoms with Crippen molar-refractivity contribution in [1.82, 2.24) is 35.4 Å². The van der Waals surface area contributed by atoms with Crippen LogP contribution in [0.2, 0.25) is 0 Å². The quantitative estimate of drug-likeness (QED) is 0.740. The molecule has 5 heterocycles. The lowest BCUT2D eigenvalue weighted by molar-refractivity contribution is 0.0935. The molecular formula is C18H21N7O2. The first-order valence-corrected chi connectivity index (χ1v) is 9.32. The van der Waals surface area contributed by atoms with Gasteiger partial charge in [-0.25, -0.2) is 4.68 Å². The van der Waals surface area contributed by atoms with E-state index in [1.165, 1.54) is 11.1 Å². The summed E-state index contributed by atoms with van der Waals surface area (Å²) in [4.78, 5) is 9.08. The normalized spacial score (nSPS) is 19.4. The van der Waals surface area contributed by atoms with Crippen LogP contribution in [0.1, 0.15) is 29.7 Å². The van der Waals surface area contributed by atoms with E-state index >= 15 is 0 Å². The van der Waals surface area contributed by atoms with Crippen molar-refractivity contribution in [2.45, 2.75) is 45.4 Å². The Morgan fingerprint density at radius 2 is 2.33 bits per heavy atom. The Labute approximate surface area is 156 Å². The number of hydrogen-bond acceptors (Lipinski definition) is 8. The Hall–Kier alpha value is -2.65. The van der Waals surface area contributed by atoms with E-state index in [2.05, 4.69) is 30.8 Å². The van der Waals surface area contributed by atoms with Crippen LogP contribution in [0.25, 0.3) is 23.0 Å². The Morgan fingerprint density at radius 1 is 1.37 bits per heavy atom. The van der Waals surface area contributed by atoms with E-state index in [1.807, 2.05) is 19.3 Å². The summed E-state index contributed by atoms with van der Waals surface area (Å²) >= 11 is 0. The van der Waals surface area contributed by atoms with E-state index < -0.39 is 0 Å². The van der Waals surface area contributed by atoms with E-state index in [0.29, 0.717) is 24.0 Å². The average Bonchev–Trinajstić information content (AvgIpc) is 3.43. The molecule has 140 valence electrons. The van der Waals surface area contributed by atoms with Crippen molar-refractivity contribution in [3.63, 3.8) is 0 Å². The molecule has 1 N–H and O–H groups in total. The number of nitrogens with zero attached hydrogens (tertiary/aromatic N) is 6. The van der Waals surface area contributed by atoms with Crippen molar-refractivity contribution in [3.8, 4) is 23.0 Å². The van der Waals surface area contributed by atoms with Gasteiger partial charge in [-0.3, -0.25) is 4.98 Å². The lowest BCUT2D eigenvalue weighted by Crippen LogP contribution is -2.24. The van der Waals surface area contributed by atoms with Gasteiger partial charge in [0.2, 0.25) is 5.82 Å². The van der Waals surface area contributed by atoms with Crippen LogP contribution in [0.5, 0.6) is 0 Å². The maximum Gasteiger partial charge on any atom is 0.280 e. The monoisotopic (exact) mass is 367 g/mol. The summed E-state index contributed by atoms with van der Waals surface area (Å²) < 4.78 is 12.9. The molecule has 5 rings (SSSR count). The molecule has 9 nitrogen and oxygen atoms in total. The van der Waals surface area contributed by atoms with Crippen molar-refractivity contribution in [2.75, 3.05) is 13.2 Å². The largest absolute Gasteiger partial charge is 0.376 e. The number of rotatable bonds is 4. The zero-order chi connectivity index (χ0) is 18.2. The number of ether oxygens (including phenoxy) is 1. The van der Waals surface area contributed by atoms with Crippen molar-refractivity contribution in [2.24, 2.45) is 0 Å². The van der Waals surface area contributed by atoms with Crippen LogP contribution in [0, 0.1) is 6.92 Å². The maximum atomic E-state index is 5.65. The van der Waals surface area contributed by atoms with Gasteiger partial charge in [-0.05, 0) is 43.9 Å². The zero-order valence-corrected chi connectivity index (χ0v) is 15.2. The predicted octanol–water partition coefficient (Wildman–Crippen LogP) is 1.52. The summed E-state index contributed by atoms with van der Waals surface area (Å²) in [6.45, 7) is 5.24. The summed E-state index contributed by atoms with van der Waals surface area (Å²) in [5.41, 5.74) is 4.89. The minimum absolute atomic E-state index is 0.205. The highest BCUT2D eigenvalue weighted by atomic mass is 16.5. The second kappa shape index (κ2) is 6.82. The second-order valence-electron chi connectivity index (χ2n) is 7.03. The molecule has 3 aromatic rings. The third kappa shape index (κ3) is 3.13. The molecular weight excluding hydrogens is 346 g/mol. The van der Waals surface area contributed by atoms with Gasteiger partial charge in [0.05, 0.1) is 18.8 Å². The molecule has 2 aliphatic rings. The van der Waals surface area contributed by atoms with E-state index in [-0.39, 0.29) is 6.10 Å². The van der Waals surface area contributed by atoms with Gasteiger partial charge in [0, 0.05) is 30.6 Å². The highest BCUT2D eigenvalue weighted by Crippen LogP contribution is 2.30. The van der Waals surface area contributed by atoms with E-state index in [0.717, 1.165) is 50.2 Å². The van der Waals surface area contributed by atoms with Crippen LogP contribution in [0.15, 0.2) is 16.9 Å². The molecule has 0 aromatic carbocycles. The number of aryl methyl sites for hydroxylation is 1. The van der Waals surface area contributed by atoms with Crippen LogP contribution in [0.3, 0.4) is 0 Å². The van der Waals surface area contributed by atoms with Crippen LogP contribution in [-0.2, 0) is 24.2 Å². The minimum Gasteiger partial charge on any atom is -0.376 e.